The summed E-state index contributed by atoms with van der Waals surface area (Å²) in [6.07, 6.45) is 18.8. The van der Waals surface area contributed by atoms with Gasteiger partial charge in [-0.15, -0.1) is 0 Å². The zero-order valence-corrected chi connectivity index (χ0v) is 14.4. The first-order valence-corrected chi connectivity index (χ1v) is 9.59. The fourth-order valence-electron chi connectivity index (χ4n) is 5.23. The summed E-state index contributed by atoms with van der Waals surface area (Å²) in [6.45, 7) is 0. The first-order chi connectivity index (χ1) is 10.7. The Hall–Kier alpha value is 0.155. The molecule has 22 heavy (non-hydrogen) atoms. The Morgan fingerprint density at radius 3 is 1.50 bits per heavy atom. The van der Waals surface area contributed by atoms with Crippen molar-refractivity contribution in [2.45, 2.75) is 73.4 Å². The second kappa shape index (κ2) is 6.57. The van der Waals surface area contributed by atoms with Crippen molar-refractivity contribution in [3.63, 3.8) is 0 Å². The van der Waals surface area contributed by atoms with Gasteiger partial charge < -0.3 is 0 Å². The van der Waals surface area contributed by atoms with Gasteiger partial charge in [-0.2, -0.15) is 0 Å². The third-order valence-electron chi connectivity index (χ3n) is 6.69. The molecule has 4 aliphatic carbocycles. The van der Waals surface area contributed by atoms with Gasteiger partial charge in [-0.1, -0.05) is 0 Å². The van der Waals surface area contributed by atoms with Gasteiger partial charge in [0.05, 0.1) is 0 Å². The molecular weight excluding hydrogens is 254 g/mol. The topological polar surface area (TPSA) is 0 Å². The molecule has 0 saturated heterocycles. The molecule has 0 saturated carbocycles. The maximum absolute atomic E-state index is 2.58. The third kappa shape index (κ3) is 2.83. The Balaban J connectivity index is 1.40. The van der Waals surface area contributed by atoms with Crippen LogP contribution in [0.3, 0.4) is 0 Å². The van der Waals surface area contributed by atoms with Gasteiger partial charge in [0.1, 0.15) is 0 Å². The normalized spacial score (nSPS) is 31.3. The number of rotatable bonds is 3. The Morgan fingerprint density at radius 1 is 0.682 bits per heavy atom. The monoisotopic (exact) mass is 278 g/mol. The van der Waals surface area contributed by atoms with E-state index in [0.29, 0.717) is 0 Å². The number of hydrogen-bond acceptors (Lipinski definition) is 0. The van der Waals surface area contributed by atoms with Crippen LogP contribution in [0.5, 0.6) is 0 Å². The minimum atomic E-state index is 0.746. The molecule has 2 heteroatoms. The van der Waals surface area contributed by atoms with Gasteiger partial charge in [-0.05, 0) is 0 Å². The van der Waals surface area contributed by atoms with Crippen molar-refractivity contribution in [1.82, 2.24) is 0 Å². The van der Waals surface area contributed by atoms with Gasteiger partial charge >= 0.3 is 154 Å². The fourth-order valence-corrected chi connectivity index (χ4v) is 5.23. The first kappa shape index (κ1) is 15.7. The van der Waals surface area contributed by atoms with Crippen molar-refractivity contribution >= 4 is 35.4 Å². The third-order valence-corrected chi connectivity index (χ3v) is 6.69. The molecule has 0 heterocycles. The van der Waals surface area contributed by atoms with Crippen LogP contribution in [0.2, 0.25) is 9.18 Å². The van der Waals surface area contributed by atoms with Crippen molar-refractivity contribution in [1.29, 1.82) is 0 Å². The van der Waals surface area contributed by atoms with E-state index in [2.05, 4.69) is 47.6 Å². The Morgan fingerprint density at radius 2 is 1.09 bits per heavy atom. The van der Waals surface area contributed by atoms with Crippen molar-refractivity contribution < 1.29 is 0 Å². The van der Waals surface area contributed by atoms with Crippen LogP contribution in [0, 0.1) is 0 Å². The molecule has 0 aromatic rings. The van der Waals surface area contributed by atoms with E-state index in [1.54, 1.807) is 33.4 Å². The van der Waals surface area contributed by atoms with E-state index in [4.69, 9.17) is 0 Å². The summed E-state index contributed by atoms with van der Waals surface area (Å²) in [5, 5.41) is 0. The molecule has 0 radical (unpaired) electrons. The van der Waals surface area contributed by atoms with Gasteiger partial charge in [0.25, 0.3) is 0 Å². The molecular formula is C20H24Li2. The molecule has 2 atom stereocenters. The van der Waals surface area contributed by atoms with E-state index >= 15 is 0 Å². The Kier molecular flexibility index (Phi) is 4.68. The summed E-state index contributed by atoms with van der Waals surface area (Å²) < 4.78 is 1.49. The molecule has 4 aliphatic rings. The van der Waals surface area contributed by atoms with E-state index in [1.807, 2.05) is 0 Å². The van der Waals surface area contributed by atoms with Gasteiger partial charge in [-0.3, -0.25) is 0 Å². The standard InChI is InChI=1S/C20H24.2Li/c1-2-6-18-12-15(11-17(18)5-1)9-10-16-13-19-7-3-4-8-20(19)14-16;;/h11-14H,1-10H2;;. The molecule has 4 rings (SSSR count). The molecule has 0 spiro atoms. The summed E-state index contributed by atoms with van der Waals surface area (Å²) in [5.41, 5.74) is 10.4. The van der Waals surface area contributed by atoms with Gasteiger partial charge in [0.2, 0.25) is 0 Å². The van der Waals surface area contributed by atoms with Crippen LogP contribution >= 0.6 is 0 Å². The van der Waals surface area contributed by atoms with Crippen LogP contribution in [0.4, 0.5) is 0 Å². The fraction of sp³-hybridized carbons (Fsp3) is 0.600. The van der Waals surface area contributed by atoms with Crippen LogP contribution < -0.4 is 0 Å². The van der Waals surface area contributed by atoms with Gasteiger partial charge in [-0.25, -0.2) is 0 Å². The van der Waals surface area contributed by atoms with Crippen LogP contribution in [0.25, 0.3) is 0 Å². The summed E-state index contributed by atoms with van der Waals surface area (Å²) >= 11 is 4.91. The van der Waals surface area contributed by atoms with E-state index in [9.17, 15) is 0 Å². The van der Waals surface area contributed by atoms with Crippen LogP contribution in [-0.4, -0.2) is 35.4 Å². The van der Waals surface area contributed by atoms with E-state index < -0.39 is 0 Å². The second-order valence-corrected chi connectivity index (χ2v) is 7.90. The van der Waals surface area contributed by atoms with Crippen LogP contribution in [0.1, 0.15) is 64.2 Å². The van der Waals surface area contributed by atoms with Crippen molar-refractivity contribution in [3.05, 3.63) is 45.6 Å². The summed E-state index contributed by atoms with van der Waals surface area (Å²) in [7, 11) is 0. The molecule has 0 bridgehead atoms. The average Bonchev–Trinajstić information content (AvgIpc) is 3.04. The Labute approximate surface area is 154 Å². The maximum atomic E-state index is 2.58. The quantitative estimate of drug-likeness (QED) is 0.614. The first-order valence-electron chi connectivity index (χ1n) is 9.59. The SMILES string of the molecule is [Li][CH]1C(CCC2=CC3=C(CCCC3)[CH]2[Li])=CC2=C1CCCC2. The predicted molar refractivity (Wildman–Crippen MR) is 95.4 cm³/mol. The summed E-state index contributed by atoms with van der Waals surface area (Å²) in [5.74, 6) is 0. The van der Waals surface area contributed by atoms with Gasteiger partial charge in [0.15, 0.2) is 0 Å². The predicted octanol–water partition coefficient (Wildman–Crippen LogP) is 5.30. The molecule has 0 fully saturated rings. The average molecular weight is 278 g/mol. The zero-order valence-electron chi connectivity index (χ0n) is 14.4. The molecule has 0 aromatic carbocycles. The summed E-state index contributed by atoms with van der Waals surface area (Å²) in [4.78, 5) is 0. The van der Waals surface area contributed by atoms with Crippen molar-refractivity contribution in [3.8, 4) is 0 Å². The van der Waals surface area contributed by atoms with Crippen LogP contribution in [0.15, 0.2) is 45.6 Å². The van der Waals surface area contributed by atoms with Crippen molar-refractivity contribution in [2.75, 3.05) is 0 Å². The van der Waals surface area contributed by atoms with Gasteiger partial charge in [0, 0.05) is 0 Å². The number of allylic oxidation sites excluding steroid dienone is 8. The molecule has 0 amide bonds. The van der Waals surface area contributed by atoms with E-state index in [-0.39, 0.29) is 0 Å². The molecule has 106 valence electrons. The number of hydrogen-bond donors (Lipinski definition) is 0. The summed E-state index contributed by atoms with van der Waals surface area (Å²) in [6, 6.07) is 0. The minimum absolute atomic E-state index is 0.746. The molecule has 0 N–H and O–H groups in total. The molecule has 2 unspecified atom stereocenters. The molecule has 0 aromatic heterocycles. The Bertz CT molecular complexity index is 549. The van der Waals surface area contributed by atoms with Crippen LogP contribution in [-0.2, 0) is 0 Å². The molecule has 0 nitrogen and oxygen atoms in total. The van der Waals surface area contributed by atoms with E-state index in [0.717, 1.165) is 9.18 Å². The van der Waals surface area contributed by atoms with Crippen molar-refractivity contribution in [2.24, 2.45) is 0 Å². The molecule has 0 aliphatic heterocycles. The second-order valence-electron chi connectivity index (χ2n) is 7.90. The zero-order chi connectivity index (χ0) is 15.1. The van der Waals surface area contributed by atoms with E-state index in [1.165, 1.54) is 64.2 Å².